The number of benzene rings is 2. The van der Waals surface area contributed by atoms with Crippen molar-refractivity contribution in [2.75, 3.05) is 31.2 Å². The van der Waals surface area contributed by atoms with E-state index in [0.29, 0.717) is 55.2 Å². The first-order chi connectivity index (χ1) is 13.7. The van der Waals surface area contributed by atoms with Gasteiger partial charge in [-0.3, -0.25) is 4.79 Å². The van der Waals surface area contributed by atoms with Crippen molar-refractivity contribution in [2.24, 2.45) is 0 Å². The summed E-state index contributed by atoms with van der Waals surface area (Å²) < 4.78 is 5.42. The maximum atomic E-state index is 13.4. The Kier molecular flexibility index (Phi) is 5.44. The lowest BCUT2D eigenvalue weighted by molar-refractivity contribution is 0.122. The lowest BCUT2D eigenvalue weighted by Crippen LogP contribution is -2.39. The number of aryl methyl sites for hydroxylation is 1. The number of pyridine rings is 1. The summed E-state index contributed by atoms with van der Waals surface area (Å²) in [7, 11) is 0. The van der Waals surface area contributed by atoms with Gasteiger partial charge in [-0.2, -0.15) is 0 Å². The Morgan fingerprint density at radius 1 is 0.964 bits per heavy atom. The standard InChI is InChI=1S/C23H24N2O3/c26-21-9-5-4-8-18(21)22-19(11-10-17-6-2-1-3-7-17)23(27)20(16-24-22)25-12-14-28-15-13-25/h1-9,16,26H,10-15H2,(H,24,27). The van der Waals surface area contributed by atoms with Crippen LogP contribution in [0.1, 0.15) is 11.1 Å². The highest BCUT2D eigenvalue weighted by molar-refractivity contribution is 5.71. The summed E-state index contributed by atoms with van der Waals surface area (Å²) in [6.07, 6.45) is 3.12. The molecule has 2 heterocycles. The van der Waals surface area contributed by atoms with Gasteiger partial charge in [-0.05, 0) is 30.5 Å². The first-order valence-corrected chi connectivity index (χ1v) is 9.63. The summed E-state index contributed by atoms with van der Waals surface area (Å²) >= 11 is 0. The number of nitrogens with one attached hydrogen (secondary N) is 1. The molecule has 1 aromatic heterocycles. The minimum Gasteiger partial charge on any atom is -0.507 e. The Morgan fingerprint density at radius 3 is 2.43 bits per heavy atom. The molecule has 4 rings (SSSR count). The number of hydrogen-bond acceptors (Lipinski definition) is 4. The second-order valence-corrected chi connectivity index (χ2v) is 6.96. The van der Waals surface area contributed by atoms with Crippen LogP contribution >= 0.6 is 0 Å². The molecule has 0 unspecified atom stereocenters. The maximum absolute atomic E-state index is 13.4. The van der Waals surface area contributed by atoms with Gasteiger partial charge in [-0.1, -0.05) is 42.5 Å². The Balaban J connectivity index is 1.76. The number of aromatic hydroxyl groups is 1. The van der Waals surface area contributed by atoms with Gasteiger partial charge in [0, 0.05) is 30.4 Å². The Hall–Kier alpha value is -3.05. The van der Waals surface area contributed by atoms with Crippen molar-refractivity contribution in [2.45, 2.75) is 12.8 Å². The first-order valence-electron chi connectivity index (χ1n) is 9.63. The summed E-state index contributed by atoms with van der Waals surface area (Å²) in [6, 6.07) is 17.3. The summed E-state index contributed by atoms with van der Waals surface area (Å²) in [5.41, 5.74) is 3.92. The first kappa shape index (κ1) is 18.3. The largest absolute Gasteiger partial charge is 0.507 e. The molecule has 1 aliphatic rings. The van der Waals surface area contributed by atoms with E-state index in [2.05, 4.69) is 22.0 Å². The molecule has 0 atom stereocenters. The number of aromatic amines is 1. The van der Waals surface area contributed by atoms with Crippen LogP contribution in [0.15, 0.2) is 65.6 Å². The van der Waals surface area contributed by atoms with Crippen LogP contribution in [0, 0.1) is 0 Å². The van der Waals surface area contributed by atoms with E-state index in [1.807, 2.05) is 30.3 Å². The molecule has 28 heavy (non-hydrogen) atoms. The predicted octanol–water partition coefficient (Wildman–Crippen LogP) is 3.37. The van der Waals surface area contributed by atoms with Crippen LogP contribution in [0.25, 0.3) is 11.3 Å². The smallest absolute Gasteiger partial charge is 0.208 e. The fourth-order valence-electron chi connectivity index (χ4n) is 3.68. The van der Waals surface area contributed by atoms with E-state index in [9.17, 15) is 9.90 Å². The lowest BCUT2D eigenvalue weighted by atomic mass is 9.98. The van der Waals surface area contributed by atoms with Gasteiger partial charge < -0.3 is 19.7 Å². The zero-order chi connectivity index (χ0) is 19.3. The van der Waals surface area contributed by atoms with Gasteiger partial charge >= 0.3 is 0 Å². The number of aromatic nitrogens is 1. The topological polar surface area (TPSA) is 65.6 Å². The van der Waals surface area contributed by atoms with E-state index in [0.717, 1.165) is 6.42 Å². The minimum atomic E-state index is 0.0230. The van der Waals surface area contributed by atoms with Crippen LogP contribution in [0.5, 0.6) is 5.75 Å². The summed E-state index contributed by atoms with van der Waals surface area (Å²) in [6.45, 7) is 2.66. The van der Waals surface area contributed by atoms with Crippen LogP contribution in [0.2, 0.25) is 0 Å². The Labute approximate surface area is 164 Å². The van der Waals surface area contributed by atoms with Gasteiger partial charge in [0.25, 0.3) is 0 Å². The maximum Gasteiger partial charge on any atom is 0.208 e. The molecule has 5 nitrogen and oxygen atoms in total. The van der Waals surface area contributed by atoms with Gasteiger partial charge in [-0.15, -0.1) is 0 Å². The molecule has 0 amide bonds. The molecule has 0 spiro atoms. The number of morpholine rings is 1. The number of rotatable bonds is 5. The van der Waals surface area contributed by atoms with Crippen molar-refractivity contribution < 1.29 is 9.84 Å². The van der Waals surface area contributed by atoms with Gasteiger partial charge in [-0.25, -0.2) is 0 Å². The zero-order valence-electron chi connectivity index (χ0n) is 15.7. The van der Waals surface area contributed by atoms with E-state index < -0.39 is 0 Å². The van der Waals surface area contributed by atoms with E-state index in [1.54, 1.807) is 18.3 Å². The number of phenolic OH excluding ortho intramolecular Hbond substituents is 1. The number of hydrogen-bond donors (Lipinski definition) is 2. The molecule has 0 aliphatic carbocycles. The molecular formula is C23H24N2O3. The van der Waals surface area contributed by atoms with Crippen molar-refractivity contribution in [3.05, 3.63) is 82.1 Å². The average molecular weight is 376 g/mol. The van der Waals surface area contributed by atoms with Crippen LogP contribution in [0.3, 0.4) is 0 Å². The third-order valence-electron chi connectivity index (χ3n) is 5.19. The third-order valence-corrected chi connectivity index (χ3v) is 5.19. The van der Waals surface area contributed by atoms with Gasteiger partial charge in [0.1, 0.15) is 11.4 Å². The molecule has 3 aromatic rings. The molecule has 0 saturated carbocycles. The molecular weight excluding hydrogens is 352 g/mol. The highest BCUT2D eigenvalue weighted by atomic mass is 16.5. The fourth-order valence-corrected chi connectivity index (χ4v) is 3.68. The number of anilines is 1. The monoisotopic (exact) mass is 376 g/mol. The number of ether oxygens (including phenoxy) is 1. The highest BCUT2D eigenvalue weighted by Crippen LogP contribution is 2.30. The number of nitrogens with zero attached hydrogens (tertiary/aromatic N) is 1. The normalized spacial score (nSPS) is 14.2. The van der Waals surface area contributed by atoms with Crippen LogP contribution in [-0.2, 0) is 17.6 Å². The summed E-state index contributed by atoms with van der Waals surface area (Å²) in [5.74, 6) is 0.165. The predicted molar refractivity (Wildman–Crippen MR) is 111 cm³/mol. The third kappa shape index (κ3) is 3.80. The van der Waals surface area contributed by atoms with Crippen molar-refractivity contribution in [1.82, 2.24) is 4.98 Å². The van der Waals surface area contributed by atoms with Crippen LogP contribution < -0.4 is 10.3 Å². The highest BCUT2D eigenvalue weighted by Gasteiger charge is 2.20. The van der Waals surface area contributed by atoms with Crippen molar-refractivity contribution in [3.63, 3.8) is 0 Å². The molecule has 2 aromatic carbocycles. The van der Waals surface area contributed by atoms with Gasteiger partial charge in [0.2, 0.25) is 5.43 Å². The fraction of sp³-hybridized carbons (Fsp3) is 0.261. The van der Waals surface area contributed by atoms with E-state index >= 15 is 0 Å². The van der Waals surface area contributed by atoms with Crippen molar-refractivity contribution in [3.8, 4) is 17.0 Å². The number of phenols is 1. The van der Waals surface area contributed by atoms with Gasteiger partial charge in [0.15, 0.2) is 0 Å². The van der Waals surface area contributed by atoms with E-state index in [4.69, 9.17) is 4.74 Å². The molecule has 1 aliphatic heterocycles. The Bertz CT molecular complexity index is 992. The number of para-hydroxylation sites is 1. The second-order valence-electron chi connectivity index (χ2n) is 6.96. The second kappa shape index (κ2) is 8.31. The molecule has 2 N–H and O–H groups in total. The summed E-state index contributed by atoms with van der Waals surface area (Å²) in [5, 5.41) is 10.3. The quantitative estimate of drug-likeness (QED) is 0.717. The molecule has 0 bridgehead atoms. The van der Waals surface area contributed by atoms with E-state index in [1.165, 1.54) is 5.56 Å². The molecule has 1 fully saturated rings. The minimum absolute atomic E-state index is 0.0230. The molecule has 1 saturated heterocycles. The van der Waals surface area contributed by atoms with Gasteiger partial charge in [0.05, 0.1) is 18.9 Å². The SMILES string of the molecule is O=c1c(N2CCOCC2)c[nH]c(-c2ccccc2O)c1CCc1ccccc1. The summed E-state index contributed by atoms with van der Waals surface area (Å²) in [4.78, 5) is 18.8. The average Bonchev–Trinajstić information content (AvgIpc) is 2.74. The van der Waals surface area contributed by atoms with Crippen LogP contribution in [-0.4, -0.2) is 36.4 Å². The van der Waals surface area contributed by atoms with Crippen molar-refractivity contribution >= 4 is 5.69 Å². The molecule has 144 valence electrons. The van der Waals surface area contributed by atoms with Crippen molar-refractivity contribution in [1.29, 1.82) is 0 Å². The Morgan fingerprint density at radius 2 is 1.68 bits per heavy atom. The lowest BCUT2D eigenvalue weighted by Gasteiger charge is -2.28. The molecule has 5 heteroatoms. The number of H-pyrrole nitrogens is 1. The van der Waals surface area contributed by atoms with Crippen LogP contribution in [0.4, 0.5) is 5.69 Å². The van der Waals surface area contributed by atoms with E-state index in [-0.39, 0.29) is 11.2 Å². The zero-order valence-corrected chi connectivity index (χ0v) is 15.7. The molecule has 0 radical (unpaired) electrons.